The maximum absolute atomic E-state index is 9.11. The molecule has 0 N–H and O–H groups in total. The number of anilines is 1. The Morgan fingerprint density at radius 1 is 1.06 bits per heavy atom. The van der Waals surface area contributed by atoms with Gasteiger partial charge >= 0.3 is 0 Å². The molecule has 7 heteroatoms. The molecule has 6 rings (SSSR count). The molecule has 2 aliphatic rings. The molecule has 7 nitrogen and oxygen atoms in total. The zero-order valence-corrected chi connectivity index (χ0v) is 18.8. The maximum Gasteiger partial charge on any atom is 0.185 e. The van der Waals surface area contributed by atoms with E-state index in [1.54, 1.807) is 6.33 Å². The average molecular weight is 436 g/mol. The lowest BCUT2D eigenvalue weighted by Gasteiger charge is -2.23. The number of likely N-dealkylation sites (N-methyl/N-ethyl adjacent to an activating group) is 1. The topological polar surface area (TPSA) is 65.9 Å². The lowest BCUT2D eigenvalue weighted by molar-refractivity contribution is 0.315. The van der Waals surface area contributed by atoms with Crippen LogP contribution in [0.3, 0.4) is 0 Å². The van der Waals surface area contributed by atoms with E-state index in [0.717, 1.165) is 48.0 Å². The van der Waals surface area contributed by atoms with Crippen LogP contribution >= 0.6 is 0 Å². The van der Waals surface area contributed by atoms with Gasteiger partial charge in [-0.3, -0.25) is 4.57 Å². The van der Waals surface area contributed by atoms with Crippen molar-refractivity contribution in [3.05, 3.63) is 72.2 Å². The van der Waals surface area contributed by atoms with E-state index in [9.17, 15) is 0 Å². The fourth-order valence-corrected chi connectivity index (χ4v) is 5.02. The molecule has 164 valence electrons. The number of benzene rings is 2. The van der Waals surface area contributed by atoms with Gasteiger partial charge in [0.05, 0.1) is 23.0 Å². The van der Waals surface area contributed by atoms with Crippen LogP contribution in [0.5, 0.6) is 0 Å². The third-order valence-electron chi connectivity index (χ3n) is 6.94. The Balaban J connectivity index is 1.40. The van der Waals surface area contributed by atoms with Crippen LogP contribution in [0.2, 0.25) is 0 Å². The molecule has 4 aromatic rings. The first-order valence-corrected chi connectivity index (χ1v) is 11.3. The number of hydrogen-bond donors (Lipinski definition) is 0. The van der Waals surface area contributed by atoms with Crippen molar-refractivity contribution in [2.75, 3.05) is 32.1 Å². The third kappa shape index (κ3) is 3.31. The SMILES string of the molecule is CN(C)C1CCN(c2ccc3c(c2)Cn2cc(-c4ccc(C#N)cc4)cc2-c2nncn2-3)C1. The van der Waals surface area contributed by atoms with Crippen LogP contribution in [0.1, 0.15) is 17.5 Å². The molecule has 2 aromatic heterocycles. The van der Waals surface area contributed by atoms with E-state index in [1.807, 2.05) is 24.3 Å². The van der Waals surface area contributed by atoms with Gasteiger partial charge in [-0.15, -0.1) is 10.2 Å². The van der Waals surface area contributed by atoms with Crippen LogP contribution in [-0.2, 0) is 6.54 Å². The van der Waals surface area contributed by atoms with E-state index in [4.69, 9.17) is 5.26 Å². The zero-order chi connectivity index (χ0) is 22.5. The smallest absolute Gasteiger partial charge is 0.185 e. The fraction of sp³-hybridized carbons (Fsp3) is 0.269. The molecule has 0 spiro atoms. The highest BCUT2D eigenvalue weighted by Crippen LogP contribution is 2.35. The standard InChI is InChI=1S/C26H25N7/c1-30(2)23-9-10-31(16-23)22-7-8-24-21(11-22)15-32-14-20(19-5-3-18(13-27)4-6-19)12-25(32)26-29-28-17-33(24)26/h3-8,11-12,14,17,23H,9-10,15-16H2,1-2H3. The summed E-state index contributed by atoms with van der Waals surface area (Å²) in [4.78, 5) is 4.81. The van der Waals surface area contributed by atoms with Gasteiger partial charge in [0.25, 0.3) is 0 Å². The minimum atomic E-state index is 0.597. The van der Waals surface area contributed by atoms with Gasteiger partial charge in [0, 0.05) is 43.1 Å². The average Bonchev–Trinajstić information content (AvgIpc) is 3.58. The molecule has 0 aliphatic carbocycles. The monoisotopic (exact) mass is 435 g/mol. The summed E-state index contributed by atoms with van der Waals surface area (Å²) in [5.41, 5.74) is 7.56. The molecular formula is C26H25N7. The summed E-state index contributed by atoms with van der Waals surface area (Å²) in [6.07, 6.45) is 5.17. The highest BCUT2D eigenvalue weighted by Gasteiger charge is 2.26. The van der Waals surface area contributed by atoms with Crippen molar-refractivity contribution in [1.82, 2.24) is 24.2 Å². The van der Waals surface area contributed by atoms with Gasteiger partial charge in [0.15, 0.2) is 5.82 Å². The Bertz CT molecular complexity index is 1370. The second-order valence-electron chi connectivity index (χ2n) is 9.12. The predicted molar refractivity (Wildman–Crippen MR) is 128 cm³/mol. The Morgan fingerprint density at radius 2 is 1.91 bits per heavy atom. The molecule has 1 saturated heterocycles. The van der Waals surface area contributed by atoms with Gasteiger partial charge in [-0.2, -0.15) is 5.26 Å². The third-order valence-corrected chi connectivity index (χ3v) is 6.94. The molecule has 0 radical (unpaired) electrons. The fourth-order valence-electron chi connectivity index (χ4n) is 5.02. The van der Waals surface area contributed by atoms with E-state index in [-0.39, 0.29) is 0 Å². The molecule has 1 atom stereocenters. The number of hydrogen-bond acceptors (Lipinski definition) is 5. The number of fused-ring (bicyclic) bond motifs is 5. The Hall–Kier alpha value is -3.89. The number of nitrogens with zero attached hydrogens (tertiary/aromatic N) is 7. The molecule has 2 aliphatic heterocycles. The normalized spacial score (nSPS) is 16.8. The molecule has 2 aromatic carbocycles. The first-order valence-electron chi connectivity index (χ1n) is 11.3. The van der Waals surface area contributed by atoms with Crippen molar-refractivity contribution in [2.24, 2.45) is 0 Å². The van der Waals surface area contributed by atoms with E-state index in [1.165, 1.54) is 17.7 Å². The van der Waals surface area contributed by atoms with Crippen molar-refractivity contribution >= 4 is 5.69 Å². The summed E-state index contributed by atoms with van der Waals surface area (Å²) in [7, 11) is 4.33. The van der Waals surface area contributed by atoms with Crippen LogP contribution < -0.4 is 4.90 Å². The molecule has 33 heavy (non-hydrogen) atoms. The number of nitriles is 1. The van der Waals surface area contributed by atoms with Crippen LogP contribution in [0.15, 0.2) is 61.1 Å². The summed E-state index contributed by atoms with van der Waals surface area (Å²) < 4.78 is 4.35. The predicted octanol–water partition coefficient (Wildman–Crippen LogP) is 3.78. The van der Waals surface area contributed by atoms with Crippen LogP contribution in [-0.4, -0.2) is 57.5 Å². The van der Waals surface area contributed by atoms with E-state index >= 15 is 0 Å². The lowest BCUT2D eigenvalue weighted by Crippen LogP contribution is -2.31. The summed E-state index contributed by atoms with van der Waals surface area (Å²) in [5, 5.41) is 17.8. The summed E-state index contributed by atoms with van der Waals surface area (Å²) >= 11 is 0. The van der Waals surface area contributed by atoms with Gasteiger partial charge < -0.3 is 14.4 Å². The van der Waals surface area contributed by atoms with Gasteiger partial charge in [0.2, 0.25) is 0 Å². The highest BCUT2D eigenvalue weighted by molar-refractivity contribution is 5.72. The summed E-state index contributed by atoms with van der Waals surface area (Å²) in [6.45, 7) is 2.90. The second kappa shape index (κ2) is 7.61. The molecule has 1 fully saturated rings. The highest BCUT2D eigenvalue weighted by atomic mass is 15.3. The Labute approximate surface area is 193 Å². The quantitative estimate of drug-likeness (QED) is 0.432. The summed E-state index contributed by atoms with van der Waals surface area (Å²) in [6, 6.07) is 19.4. The molecule has 0 amide bonds. The van der Waals surface area contributed by atoms with Crippen LogP contribution in [0.4, 0.5) is 5.69 Å². The van der Waals surface area contributed by atoms with Crippen molar-refractivity contribution in [3.63, 3.8) is 0 Å². The molecular weight excluding hydrogens is 410 g/mol. The Kier molecular flexibility index (Phi) is 4.56. The molecule has 0 saturated carbocycles. The summed E-state index contributed by atoms with van der Waals surface area (Å²) in [5.74, 6) is 0.843. The lowest BCUT2D eigenvalue weighted by atomic mass is 10.1. The van der Waals surface area contributed by atoms with E-state index < -0.39 is 0 Å². The molecule has 0 bridgehead atoms. The molecule has 1 unspecified atom stereocenters. The van der Waals surface area contributed by atoms with Crippen molar-refractivity contribution < 1.29 is 0 Å². The first-order chi connectivity index (χ1) is 16.1. The van der Waals surface area contributed by atoms with Crippen molar-refractivity contribution in [1.29, 1.82) is 5.26 Å². The Morgan fingerprint density at radius 3 is 2.67 bits per heavy atom. The minimum absolute atomic E-state index is 0.597. The second-order valence-corrected chi connectivity index (χ2v) is 9.12. The van der Waals surface area contributed by atoms with E-state index in [2.05, 4.69) is 79.8 Å². The van der Waals surface area contributed by atoms with Gasteiger partial charge in [-0.05, 0) is 68.0 Å². The van der Waals surface area contributed by atoms with Crippen molar-refractivity contribution in [3.8, 4) is 34.4 Å². The zero-order valence-electron chi connectivity index (χ0n) is 18.8. The van der Waals surface area contributed by atoms with Gasteiger partial charge in [0.1, 0.15) is 6.33 Å². The van der Waals surface area contributed by atoms with Crippen LogP contribution in [0.25, 0.3) is 28.3 Å². The number of rotatable bonds is 3. The minimum Gasteiger partial charge on any atom is -0.370 e. The largest absolute Gasteiger partial charge is 0.370 e. The van der Waals surface area contributed by atoms with E-state index in [0.29, 0.717) is 11.6 Å². The molecule has 4 heterocycles. The van der Waals surface area contributed by atoms with Gasteiger partial charge in [-0.25, -0.2) is 0 Å². The van der Waals surface area contributed by atoms with Crippen molar-refractivity contribution in [2.45, 2.75) is 19.0 Å². The first kappa shape index (κ1) is 19.8. The van der Waals surface area contributed by atoms with Gasteiger partial charge in [-0.1, -0.05) is 12.1 Å². The maximum atomic E-state index is 9.11. The number of aromatic nitrogens is 4. The van der Waals surface area contributed by atoms with Crippen LogP contribution in [0, 0.1) is 11.3 Å².